The van der Waals surface area contributed by atoms with Gasteiger partial charge in [0, 0.05) is 27.5 Å². The van der Waals surface area contributed by atoms with Crippen molar-refractivity contribution in [3.63, 3.8) is 0 Å². The predicted octanol–water partition coefficient (Wildman–Crippen LogP) is 14.4. The molecule has 2 aliphatic carbocycles. The lowest BCUT2D eigenvalue weighted by Crippen LogP contribution is -2.22. The fourth-order valence-electron chi connectivity index (χ4n) is 9.82. The molecule has 0 bridgehead atoms. The Balaban J connectivity index is 1.18. The van der Waals surface area contributed by atoms with Crippen LogP contribution in [0.1, 0.15) is 48.6 Å². The summed E-state index contributed by atoms with van der Waals surface area (Å²) < 4.78 is 6.53. The topological polar surface area (TPSA) is 16.4 Å². The Labute approximate surface area is 322 Å². The van der Waals surface area contributed by atoms with Crippen LogP contribution in [0.25, 0.3) is 55.3 Å². The number of fused-ring (bicyclic) bond motifs is 9. The second-order valence-corrected chi connectivity index (χ2v) is 15.8. The van der Waals surface area contributed by atoms with Crippen molar-refractivity contribution in [3.8, 4) is 33.4 Å². The quantitative estimate of drug-likeness (QED) is 0.177. The predicted molar refractivity (Wildman–Crippen MR) is 229 cm³/mol. The third-order valence-electron chi connectivity index (χ3n) is 12.6. The zero-order valence-corrected chi connectivity index (χ0v) is 31.2. The van der Waals surface area contributed by atoms with Crippen LogP contribution in [0.15, 0.2) is 186 Å². The van der Waals surface area contributed by atoms with E-state index in [1.54, 1.807) is 0 Å². The fourth-order valence-corrected chi connectivity index (χ4v) is 9.82. The first kappa shape index (κ1) is 31.8. The molecular weight excluding hydrogens is 667 g/mol. The summed E-state index contributed by atoms with van der Waals surface area (Å²) in [5.41, 5.74) is 18.9. The normalized spacial score (nSPS) is 16.1. The minimum Gasteiger partial charge on any atom is -0.456 e. The second kappa shape index (κ2) is 11.7. The largest absolute Gasteiger partial charge is 0.456 e. The monoisotopic (exact) mass is 705 g/mol. The van der Waals surface area contributed by atoms with Gasteiger partial charge in [-0.05, 0) is 105 Å². The number of hydrogen-bond acceptors (Lipinski definition) is 2. The summed E-state index contributed by atoms with van der Waals surface area (Å²) in [6.45, 7) is 7.16. The van der Waals surface area contributed by atoms with Crippen LogP contribution < -0.4 is 4.90 Å². The van der Waals surface area contributed by atoms with E-state index >= 15 is 0 Å². The Kier molecular flexibility index (Phi) is 6.76. The first-order valence-electron chi connectivity index (χ1n) is 19.3. The van der Waals surface area contributed by atoms with Crippen molar-refractivity contribution in [1.82, 2.24) is 0 Å². The molecule has 0 spiro atoms. The SMILES string of the molecule is CC1(C)c2cc(-c3ccccc3)ccc2-c2ccc(N(c3cccc4c3-c3ccccc3C4(C)c3ccccc3)c3cccc4oc5ccccc5c34)cc21. The van der Waals surface area contributed by atoms with Gasteiger partial charge in [-0.2, -0.15) is 0 Å². The second-order valence-electron chi connectivity index (χ2n) is 15.8. The maximum Gasteiger partial charge on any atom is 0.137 e. The van der Waals surface area contributed by atoms with Crippen molar-refractivity contribution >= 4 is 39.0 Å². The van der Waals surface area contributed by atoms with Gasteiger partial charge in [0.1, 0.15) is 11.2 Å². The summed E-state index contributed by atoms with van der Waals surface area (Å²) >= 11 is 0. The van der Waals surface area contributed by atoms with Gasteiger partial charge in [-0.15, -0.1) is 0 Å². The van der Waals surface area contributed by atoms with E-state index in [-0.39, 0.29) is 10.8 Å². The first-order valence-corrected chi connectivity index (χ1v) is 19.3. The molecule has 262 valence electrons. The summed E-state index contributed by atoms with van der Waals surface area (Å²) in [5.74, 6) is 0. The molecule has 0 aliphatic heterocycles. The molecule has 0 N–H and O–H groups in total. The summed E-state index contributed by atoms with van der Waals surface area (Å²) in [4.78, 5) is 2.51. The van der Waals surface area contributed by atoms with E-state index in [0.717, 1.165) is 39.0 Å². The Morgan fingerprint density at radius 2 is 1.07 bits per heavy atom. The number of rotatable bonds is 5. The van der Waals surface area contributed by atoms with Gasteiger partial charge >= 0.3 is 0 Å². The summed E-state index contributed by atoms with van der Waals surface area (Å²) in [6, 6.07) is 66.7. The fraction of sp³-hybridized carbons (Fsp3) is 0.0943. The zero-order chi connectivity index (χ0) is 36.9. The van der Waals surface area contributed by atoms with Gasteiger partial charge in [-0.3, -0.25) is 0 Å². The smallest absolute Gasteiger partial charge is 0.137 e. The van der Waals surface area contributed by atoms with Gasteiger partial charge < -0.3 is 9.32 Å². The molecule has 0 amide bonds. The highest BCUT2D eigenvalue weighted by atomic mass is 16.3. The number of anilines is 3. The van der Waals surface area contributed by atoms with Crippen molar-refractivity contribution in [3.05, 3.63) is 210 Å². The number of hydrogen-bond donors (Lipinski definition) is 0. The average Bonchev–Trinajstić information content (AvgIpc) is 3.83. The van der Waals surface area contributed by atoms with Crippen LogP contribution >= 0.6 is 0 Å². The lowest BCUT2D eigenvalue weighted by atomic mass is 9.74. The standard InChI is InChI=1S/C53H39NO/c1-52(2)44-32-35(34-16-6-4-7-17-34)28-30-38(44)39-31-29-37(33-45(39)52)54(47-25-15-27-49-51(47)41-21-11-13-26-48(41)55-49)46-24-14-23-43-50(46)40-20-10-12-22-42(40)53(43,3)36-18-8-5-9-19-36/h4-33H,1-3H3. The number of para-hydroxylation sites is 1. The molecule has 0 fully saturated rings. The third kappa shape index (κ3) is 4.49. The van der Waals surface area contributed by atoms with E-state index in [1.807, 2.05) is 0 Å². The van der Waals surface area contributed by atoms with E-state index < -0.39 is 0 Å². The van der Waals surface area contributed by atoms with E-state index in [4.69, 9.17) is 4.42 Å². The Hall–Kier alpha value is -6.64. The highest BCUT2D eigenvalue weighted by molar-refractivity contribution is 6.14. The van der Waals surface area contributed by atoms with Gasteiger partial charge in [0.15, 0.2) is 0 Å². The maximum absolute atomic E-state index is 6.53. The molecule has 1 heterocycles. The Bertz CT molecular complexity index is 2970. The summed E-state index contributed by atoms with van der Waals surface area (Å²) in [6.07, 6.45) is 0. The van der Waals surface area contributed by atoms with Crippen molar-refractivity contribution in [2.24, 2.45) is 0 Å². The van der Waals surface area contributed by atoms with Crippen LogP contribution in [-0.4, -0.2) is 0 Å². The third-order valence-corrected chi connectivity index (χ3v) is 12.6. The molecule has 0 saturated heterocycles. The molecule has 1 unspecified atom stereocenters. The number of benzene rings is 8. The van der Waals surface area contributed by atoms with Crippen molar-refractivity contribution in [1.29, 1.82) is 0 Å². The van der Waals surface area contributed by atoms with Crippen molar-refractivity contribution < 1.29 is 4.42 Å². The van der Waals surface area contributed by atoms with Crippen LogP contribution in [0, 0.1) is 0 Å². The number of furan rings is 1. The van der Waals surface area contributed by atoms with Crippen LogP contribution in [0.5, 0.6) is 0 Å². The minimum atomic E-state index is -0.318. The number of nitrogens with zero attached hydrogens (tertiary/aromatic N) is 1. The molecular formula is C53H39NO. The molecule has 1 atom stereocenters. The van der Waals surface area contributed by atoms with Crippen LogP contribution in [-0.2, 0) is 10.8 Å². The van der Waals surface area contributed by atoms with Crippen LogP contribution in [0.4, 0.5) is 17.1 Å². The molecule has 2 heteroatoms. The minimum absolute atomic E-state index is 0.206. The zero-order valence-electron chi connectivity index (χ0n) is 31.2. The van der Waals surface area contributed by atoms with Gasteiger partial charge in [-0.25, -0.2) is 0 Å². The van der Waals surface area contributed by atoms with Gasteiger partial charge in [0.25, 0.3) is 0 Å². The highest BCUT2D eigenvalue weighted by Gasteiger charge is 2.43. The summed E-state index contributed by atoms with van der Waals surface area (Å²) in [7, 11) is 0. The lowest BCUT2D eigenvalue weighted by molar-refractivity contribution is 0.660. The molecule has 11 rings (SSSR count). The van der Waals surface area contributed by atoms with E-state index in [1.165, 1.54) is 61.2 Å². The molecule has 0 saturated carbocycles. The molecule has 1 aromatic heterocycles. The van der Waals surface area contributed by atoms with E-state index in [2.05, 4.69) is 208 Å². The van der Waals surface area contributed by atoms with Gasteiger partial charge in [-0.1, -0.05) is 153 Å². The summed E-state index contributed by atoms with van der Waals surface area (Å²) in [5, 5.41) is 2.23. The Morgan fingerprint density at radius 3 is 1.91 bits per heavy atom. The van der Waals surface area contributed by atoms with E-state index in [9.17, 15) is 0 Å². The lowest BCUT2D eigenvalue weighted by Gasteiger charge is -2.31. The molecule has 2 aliphatic rings. The van der Waals surface area contributed by atoms with E-state index in [0.29, 0.717) is 0 Å². The molecule has 0 radical (unpaired) electrons. The molecule has 2 nitrogen and oxygen atoms in total. The van der Waals surface area contributed by atoms with Crippen LogP contribution in [0.2, 0.25) is 0 Å². The maximum atomic E-state index is 6.53. The molecule has 8 aromatic carbocycles. The van der Waals surface area contributed by atoms with Crippen molar-refractivity contribution in [2.45, 2.75) is 31.6 Å². The molecule has 9 aromatic rings. The molecule has 55 heavy (non-hydrogen) atoms. The van der Waals surface area contributed by atoms with Gasteiger partial charge in [0.2, 0.25) is 0 Å². The van der Waals surface area contributed by atoms with Gasteiger partial charge in [0.05, 0.1) is 16.8 Å². The highest BCUT2D eigenvalue weighted by Crippen LogP contribution is 2.58. The Morgan fingerprint density at radius 1 is 0.436 bits per heavy atom. The average molecular weight is 706 g/mol. The van der Waals surface area contributed by atoms with Crippen molar-refractivity contribution in [2.75, 3.05) is 4.90 Å². The van der Waals surface area contributed by atoms with Crippen LogP contribution in [0.3, 0.4) is 0 Å². The first-order chi connectivity index (χ1) is 26.9.